The molecule has 0 saturated carbocycles. The molecule has 4 heteroatoms. The van der Waals surface area contributed by atoms with Gasteiger partial charge >= 0.3 is 0 Å². The first-order valence-electron chi connectivity index (χ1n) is 6.99. The highest BCUT2D eigenvalue weighted by Crippen LogP contribution is 2.06. The number of hydrogen-bond acceptors (Lipinski definition) is 3. The van der Waals surface area contributed by atoms with E-state index in [1.165, 1.54) is 0 Å². The lowest BCUT2D eigenvalue weighted by Crippen LogP contribution is -2.30. The minimum atomic E-state index is 0.0603. The van der Waals surface area contributed by atoms with Crippen LogP contribution in [0.4, 0.5) is 5.69 Å². The zero-order chi connectivity index (χ0) is 14.1. The summed E-state index contributed by atoms with van der Waals surface area (Å²) in [7, 11) is 0. The lowest BCUT2D eigenvalue weighted by molar-refractivity contribution is -0.120. The van der Waals surface area contributed by atoms with Crippen LogP contribution >= 0.6 is 0 Å². The summed E-state index contributed by atoms with van der Waals surface area (Å²) in [5.74, 6) is 0.0603. The Balaban J connectivity index is 2.21. The summed E-state index contributed by atoms with van der Waals surface area (Å²) < 4.78 is 0. The Morgan fingerprint density at radius 1 is 1.32 bits per heavy atom. The third-order valence-corrected chi connectivity index (χ3v) is 3.18. The van der Waals surface area contributed by atoms with E-state index >= 15 is 0 Å². The van der Waals surface area contributed by atoms with E-state index in [-0.39, 0.29) is 5.91 Å². The van der Waals surface area contributed by atoms with Crippen LogP contribution < -0.4 is 11.1 Å². The maximum Gasteiger partial charge on any atom is 0.224 e. The number of hydrogen-bond donors (Lipinski definition) is 2. The number of amides is 1. The van der Waals surface area contributed by atoms with Crippen molar-refractivity contribution in [2.75, 3.05) is 31.9 Å². The molecule has 0 aliphatic heterocycles. The van der Waals surface area contributed by atoms with Gasteiger partial charge in [-0.15, -0.1) is 0 Å². The Bertz CT molecular complexity index is 389. The van der Waals surface area contributed by atoms with Crippen molar-refractivity contribution in [2.24, 2.45) is 0 Å². The van der Waals surface area contributed by atoms with Crippen molar-refractivity contribution < 1.29 is 4.79 Å². The molecule has 1 rings (SSSR count). The lowest BCUT2D eigenvalue weighted by atomic mass is 10.1. The lowest BCUT2D eigenvalue weighted by Gasteiger charge is -2.17. The van der Waals surface area contributed by atoms with Gasteiger partial charge in [0.25, 0.3) is 0 Å². The Morgan fingerprint density at radius 2 is 2.05 bits per heavy atom. The molecule has 0 aromatic heterocycles. The number of nitrogens with zero attached hydrogens (tertiary/aromatic N) is 1. The molecule has 0 spiro atoms. The zero-order valence-corrected chi connectivity index (χ0v) is 12.0. The van der Waals surface area contributed by atoms with Crippen LogP contribution in [-0.4, -0.2) is 37.0 Å². The van der Waals surface area contributed by atoms with Crippen LogP contribution in [0, 0.1) is 0 Å². The Kier molecular flexibility index (Phi) is 6.97. The van der Waals surface area contributed by atoms with E-state index < -0.39 is 0 Å². The molecular weight excluding hydrogens is 238 g/mol. The number of rotatable bonds is 8. The van der Waals surface area contributed by atoms with Crippen molar-refractivity contribution in [1.29, 1.82) is 0 Å². The minimum Gasteiger partial charge on any atom is -0.399 e. The molecule has 1 amide bonds. The third kappa shape index (κ3) is 6.25. The van der Waals surface area contributed by atoms with Gasteiger partial charge in [0.2, 0.25) is 5.91 Å². The summed E-state index contributed by atoms with van der Waals surface area (Å²) in [5, 5.41) is 2.95. The molecule has 1 aromatic carbocycles. The molecule has 0 aliphatic rings. The van der Waals surface area contributed by atoms with E-state index in [1.54, 1.807) is 0 Å². The quantitative estimate of drug-likeness (QED) is 0.554. The second kappa shape index (κ2) is 8.53. The predicted molar refractivity (Wildman–Crippen MR) is 80.0 cm³/mol. The second-order valence-corrected chi connectivity index (χ2v) is 4.65. The molecule has 1 aromatic rings. The maximum absolute atomic E-state index is 11.7. The van der Waals surface area contributed by atoms with Crippen molar-refractivity contribution in [3.8, 4) is 0 Å². The molecule has 0 heterocycles. The molecule has 0 atom stereocenters. The van der Waals surface area contributed by atoms with Crippen molar-refractivity contribution in [2.45, 2.75) is 26.7 Å². The van der Waals surface area contributed by atoms with Crippen LogP contribution in [0.5, 0.6) is 0 Å². The van der Waals surface area contributed by atoms with Crippen LogP contribution in [0.15, 0.2) is 24.3 Å². The summed E-state index contributed by atoms with van der Waals surface area (Å²) in [6.45, 7) is 8.20. The monoisotopic (exact) mass is 263 g/mol. The smallest absolute Gasteiger partial charge is 0.224 e. The minimum absolute atomic E-state index is 0.0603. The number of nitrogen functional groups attached to an aromatic ring is 1. The fourth-order valence-electron chi connectivity index (χ4n) is 2.02. The third-order valence-electron chi connectivity index (χ3n) is 3.18. The summed E-state index contributed by atoms with van der Waals surface area (Å²) in [5.41, 5.74) is 7.34. The van der Waals surface area contributed by atoms with Crippen LogP contribution in [0.3, 0.4) is 0 Å². The van der Waals surface area contributed by atoms with Crippen molar-refractivity contribution in [1.82, 2.24) is 10.2 Å². The number of anilines is 1. The topological polar surface area (TPSA) is 58.4 Å². The Morgan fingerprint density at radius 3 is 2.68 bits per heavy atom. The van der Waals surface area contributed by atoms with Crippen molar-refractivity contribution in [3.63, 3.8) is 0 Å². The first-order valence-corrected chi connectivity index (χ1v) is 6.99. The number of carbonyl (C=O) groups is 1. The normalized spacial score (nSPS) is 10.7. The van der Waals surface area contributed by atoms with Gasteiger partial charge in [0.05, 0.1) is 6.42 Å². The Labute approximate surface area is 116 Å². The summed E-state index contributed by atoms with van der Waals surface area (Å²) in [4.78, 5) is 14.1. The maximum atomic E-state index is 11.7. The van der Waals surface area contributed by atoms with E-state index in [1.807, 2.05) is 24.3 Å². The molecule has 19 heavy (non-hydrogen) atoms. The molecule has 0 unspecified atom stereocenters. The largest absolute Gasteiger partial charge is 0.399 e. The molecule has 4 nitrogen and oxygen atoms in total. The summed E-state index contributed by atoms with van der Waals surface area (Å²) in [6.07, 6.45) is 1.39. The molecule has 0 aliphatic carbocycles. The molecule has 0 radical (unpaired) electrons. The number of nitrogens with one attached hydrogen (secondary N) is 1. The van der Waals surface area contributed by atoms with Gasteiger partial charge in [-0.25, -0.2) is 0 Å². The van der Waals surface area contributed by atoms with E-state index in [9.17, 15) is 4.79 Å². The average Bonchev–Trinajstić information content (AvgIpc) is 2.39. The average molecular weight is 263 g/mol. The predicted octanol–water partition coefficient (Wildman–Crippen LogP) is 1.66. The van der Waals surface area contributed by atoms with Gasteiger partial charge in [0, 0.05) is 12.2 Å². The molecular formula is C15H25N3O. The van der Waals surface area contributed by atoms with Gasteiger partial charge in [-0.3, -0.25) is 4.79 Å². The van der Waals surface area contributed by atoms with E-state index in [0.29, 0.717) is 12.1 Å². The first kappa shape index (κ1) is 15.5. The fourth-order valence-corrected chi connectivity index (χ4v) is 2.02. The van der Waals surface area contributed by atoms with Gasteiger partial charge in [-0.2, -0.15) is 0 Å². The van der Waals surface area contributed by atoms with Crippen LogP contribution in [0.25, 0.3) is 0 Å². The zero-order valence-electron chi connectivity index (χ0n) is 12.0. The molecule has 0 bridgehead atoms. The highest BCUT2D eigenvalue weighted by molar-refractivity contribution is 5.78. The van der Waals surface area contributed by atoms with Gasteiger partial charge < -0.3 is 16.0 Å². The summed E-state index contributed by atoms with van der Waals surface area (Å²) in [6, 6.07) is 7.46. The van der Waals surface area contributed by atoms with Gasteiger partial charge in [-0.05, 0) is 43.8 Å². The van der Waals surface area contributed by atoms with Crippen LogP contribution in [-0.2, 0) is 11.2 Å². The first-order chi connectivity index (χ1) is 9.15. The van der Waals surface area contributed by atoms with E-state index in [0.717, 1.165) is 38.2 Å². The van der Waals surface area contributed by atoms with Gasteiger partial charge in [0.15, 0.2) is 0 Å². The van der Waals surface area contributed by atoms with Gasteiger partial charge in [0.1, 0.15) is 0 Å². The molecule has 3 N–H and O–H groups in total. The molecule has 0 saturated heterocycles. The molecule has 0 fully saturated rings. The Hall–Kier alpha value is -1.55. The standard InChI is InChI=1S/C15H25N3O/c1-3-18(4-2)10-6-9-17-15(19)12-13-7-5-8-14(16)11-13/h5,7-8,11H,3-4,6,9-10,12,16H2,1-2H3,(H,17,19). The number of benzene rings is 1. The molecule has 106 valence electrons. The fraction of sp³-hybridized carbons (Fsp3) is 0.533. The SMILES string of the molecule is CCN(CC)CCCNC(=O)Cc1cccc(N)c1. The van der Waals surface area contributed by atoms with Crippen molar-refractivity contribution >= 4 is 11.6 Å². The van der Waals surface area contributed by atoms with E-state index in [4.69, 9.17) is 5.73 Å². The van der Waals surface area contributed by atoms with Crippen LogP contribution in [0.1, 0.15) is 25.8 Å². The highest BCUT2D eigenvalue weighted by atomic mass is 16.1. The number of nitrogens with two attached hydrogens (primary N) is 1. The highest BCUT2D eigenvalue weighted by Gasteiger charge is 2.04. The number of carbonyl (C=O) groups excluding carboxylic acids is 1. The van der Waals surface area contributed by atoms with Crippen LogP contribution in [0.2, 0.25) is 0 Å². The van der Waals surface area contributed by atoms with Crippen molar-refractivity contribution in [3.05, 3.63) is 29.8 Å². The van der Waals surface area contributed by atoms with Gasteiger partial charge in [-0.1, -0.05) is 26.0 Å². The second-order valence-electron chi connectivity index (χ2n) is 4.65. The van der Waals surface area contributed by atoms with E-state index in [2.05, 4.69) is 24.1 Å². The summed E-state index contributed by atoms with van der Waals surface area (Å²) >= 11 is 0.